The fourth-order valence-electron chi connectivity index (χ4n) is 4.93. The molecular weight excluding hydrogens is 396 g/mol. The first kappa shape index (κ1) is 18.9. The number of nitrogens with one attached hydrogen (secondary N) is 1. The van der Waals surface area contributed by atoms with Crippen molar-refractivity contribution in [1.29, 1.82) is 0 Å². The summed E-state index contributed by atoms with van der Waals surface area (Å²) in [5.41, 5.74) is 7.08. The van der Waals surface area contributed by atoms with Gasteiger partial charge in [0.2, 0.25) is 0 Å². The molecule has 1 aliphatic rings. The molecule has 0 amide bonds. The van der Waals surface area contributed by atoms with Crippen molar-refractivity contribution in [2.75, 3.05) is 6.54 Å². The fourth-order valence-corrected chi connectivity index (χ4v) is 4.93. The molecule has 0 spiro atoms. The van der Waals surface area contributed by atoms with Gasteiger partial charge in [0.05, 0.1) is 17.9 Å². The number of hydrogen-bond donors (Lipinski definition) is 2. The summed E-state index contributed by atoms with van der Waals surface area (Å²) in [6.07, 6.45) is 5.05. The van der Waals surface area contributed by atoms with E-state index in [1.807, 2.05) is 41.2 Å². The summed E-state index contributed by atoms with van der Waals surface area (Å²) in [4.78, 5) is 6.16. The molecule has 6 rings (SSSR count). The van der Waals surface area contributed by atoms with Crippen LogP contribution in [0, 0.1) is 0 Å². The molecule has 2 aromatic heterocycles. The number of H-pyrrole nitrogens is 1. The molecule has 0 radical (unpaired) electrons. The van der Waals surface area contributed by atoms with Crippen LogP contribution in [0.1, 0.15) is 28.4 Å². The highest BCUT2D eigenvalue weighted by molar-refractivity contribution is 5.85. The minimum absolute atomic E-state index is 0.0401. The molecule has 0 aliphatic carbocycles. The topological polar surface area (TPSA) is 57.1 Å². The zero-order valence-electron chi connectivity index (χ0n) is 17.6. The molecule has 0 saturated heterocycles. The third-order valence-corrected chi connectivity index (χ3v) is 6.36. The second-order valence-corrected chi connectivity index (χ2v) is 8.41. The van der Waals surface area contributed by atoms with Crippen LogP contribution in [-0.4, -0.2) is 31.3 Å². The third kappa shape index (κ3) is 3.27. The van der Waals surface area contributed by atoms with Crippen molar-refractivity contribution in [3.8, 4) is 11.4 Å². The molecule has 5 heteroatoms. The predicted octanol–water partition coefficient (Wildman–Crippen LogP) is 5.21. The highest BCUT2D eigenvalue weighted by atomic mass is 16.3. The van der Waals surface area contributed by atoms with Gasteiger partial charge >= 0.3 is 0 Å². The van der Waals surface area contributed by atoms with Gasteiger partial charge in [-0.05, 0) is 47.9 Å². The van der Waals surface area contributed by atoms with Crippen LogP contribution in [0.25, 0.3) is 16.6 Å². The smallest absolute Gasteiger partial charge is 0.115 e. The quantitative estimate of drug-likeness (QED) is 0.420. The highest BCUT2D eigenvalue weighted by Gasteiger charge is 2.32. The lowest BCUT2D eigenvalue weighted by molar-refractivity contribution is 0.201. The number of rotatable bonds is 4. The van der Waals surface area contributed by atoms with Crippen LogP contribution in [0.4, 0.5) is 0 Å². The Kier molecular flexibility index (Phi) is 4.55. The number of fused-ring (bicyclic) bond motifs is 3. The Bertz CT molecular complexity index is 1390. The molecule has 3 heterocycles. The van der Waals surface area contributed by atoms with Gasteiger partial charge in [0, 0.05) is 41.4 Å². The minimum Gasteiger partial charge on any atom is -0.508 e. The van der Waals surface area contributed by atoms with Crippen LogP contribution < -0.4 is 0 Å². The molecule has 0 unspecified atom stereocenters. The zero-order chi connectivity index (χ0) is 21.5. The molecule has 32 heavy (non-hydrogen) atoms. The van der Waals surface area contributed by atoms with E-state index in [1.54, 1.807) is 6.07 Å². The molecule has 3 aromatic carbocycles. The molecule has 0 saturated carbocycles. The number of benzene rings is 3. The Balaban J connectivity index is 1.39. The predicted molar refractivity (Wildman–Crippen MR) is 126 cm³/mol. The third-order valence-electron chi connectivity index (χ3n) is 6.36. The second kappa shape index (κ2) is 7.70. The standard InChI is InChI=1S/C27H24N4O/c32-22-10-6-7-20(15-22)27-26-24(23-11-4-5-12-25(23)29-26)13-14-30(27)17-19-16-28-31(18-19)21-8-2-1-3-9-21/h1-12,15-16,18,27,29,32H,13-14,17H2/t27-/m0/s1. The van der Waals surface area contributed by atoms with E-state index in [-0.39, 0.29) is 6.04 Å². The molecule has 158 valence electrons. The van der Waals surface area contributed by atoms with E-state index in [4.69, 9.17) is 0 Å². The van der Waals surface area contributed by atoms with Crippen molar-refractivity contribution >= 4 is 10.9 Å². The Morgan fingerprint density at radius 2 is 1.81 bits per heavy atom. The average Bonchev–Trinajstić information content (AvgIpc) is 3.44. The first-order valence-corrected chi connectivity index (χ1v) is 11.0. The molecule has 5 aromatic rings. The zero-order valence-corrected chi connectivity index (χ0v) is 17.6. The largest absolute Gasteiger partial charge is 0.508 e. The molecule has 5 nitrogen and oxygen atoms in total. The number of para-hydroxylation sites is 2. The molecular formula is C27H24N4O. The van der Waals surface area contributed by atoms with Gasteiger partial charge < -0.3 is 10.1 Å². The summed E-state index contributed by atoms with van der Waals surface area (Å²) >= 11 is 0. The Morgan fingerprint density at radius 3 is 2.69 bits per heavy atom. The summed E-state index contributed by atoms with van der Waals surface area (Å²) < 4.78 is 1.93. The van der Waals surface area contributed by atoms with Crippen molar-refractivity contribution in [3.63, 3.8) is 0 Å². The van der Waals surface area contributed by atoms with Crippen molar-refractivity contribution in [2.24, 2.45) is 0 Å². The summed E-state index contributed by atoms with van der Waals surface area (Å²) in [6.45, 7) is 1.72. The van der Waals surface area contributed by atoms with Crippen LogP contribution in [0.5, 0.6) is 5.75 Å². The molecule has 1 aliphatic heterocycles. The average molecular weight is 421 g/mol. The van der Waals surface area contributed by atoms with E-state index in [9.17, 15) is 5.11 Å². The van der Waals surface area contributed by atoms with Crippen molar-refractivity contribution in [3.05, 3.63) is 114 Å². The maximum absolute atomic E-state index is 10.2. The van der Waals surface area contributed by atoms with E-state index in [0.29, 0.717) is 5.75 Å². The summed E-state index contributed by atoms with van der Waals surface area (Å²) in [5.74, 6) is 0.294. The first-order valence-electron chi connectivity index (χ1n) is 11.0. The lowest BCUT2D eigenvalue weighted by Crippen LogP contribution is -2.35. The number of aromatic nitrogens is 3. The number of phenols is 1. The lowest BCUT2D eigenvalue weighted by atomic mass is 9.92. The maximum Gasteiger partial charge on any atom is 0.115 e. The normalized spacial score (nSPS) is 16.3. The molecule has 0 bridgehead atoms. The van der Waals surface area contributed by atoms with Crippen LogP contribution in [0.15, 0.2) is 91.3 Å². The molecule has 1 atom stereocenters. The van der Waals surface area contributed by atoms with Gasteiger partial charge in [0.1, 0.15) is 5.75 Å². The Morgan fingerprint density at radius 1 is 0.969 bits per heavy atom. The lowest BCUT2D eigenvalue weighted by Gasteiger charge is -2.36. The van der Waals surface area contributed by atoms with E-state index >= 15 is 0 Å². The number of nitrogens with zero attached hydrogens (tertiary/aromatic N) is 3. The number of hydrogen-bond acceptors (Lipinski definition) is 3. The fraction of sp³-hybridized carbons (Fsp3) is 0.148. The number of aromatic amines is 1. The number of aromatic hydroxyl groups is 1. The van der Waals surface area contributed by atoms with Crippen molar-refractivity contribution in [1.82, 2.24) is 19.7 Å². The van der Waals surface area contributed by atoms with Crippen LogP contribution >= 0.6 is 0 Å². The Hall–Kier alpha value is -3.83. The van der Waals surface area contributed by atoms with E-state index < -0.39 is 0 Å². The first-order chi connectivity index (χ1) is 15.8. The van der Waals surface area contributed by atoms with Crippen LogP contribution in [0.3, 0.4) is 0 Å². The van der Waals surface area contributed by atoms with Gasteiger partial charge in [0.15, 0.2) is 0 Å². The van der Waals surface area contributed by atoms with E-state index in [2.05, 4.69) is 63.6 Å². The van der Waals surface area contributed by atoms with E-state index in [1.165, 1.54) is 27.7 Å². The second-order valence-electron chi connectivity index (χ2n) is 8.41. The van der Waals surface area contributed by atoms with Gasteiger partial charge in [-0.3, -0.25) is 4.90 Å². The van der Waals surface area contributed by atoms with Crippen LogP contribution in [0.2, 0.25) is 0 Å². The summed E-state index contributed by atoms with van der Waals surface area (Å²) in [5, 5.41) is 16.1. The molecule has 2 N–H and O–H groups in total. The van der Waals surface area contributed by atoms with Crippen molar-refractivity contribution < 1.29 is 5.11 Å². The summed E-state index contributed by atoms with van der Waals surface area (Å²) in [6, 6.07) is 26.4. The molecule has 0 fully saturated rings. The van der Waals surface area contributed by atoms with Gasteiger partial charge in [-0.15, -0.1) is 0 Å². The summed E-state index contributed by atoms with van der Waals surface area (Å²) in [7, 11) is 0. The van der Waals surface area contributed by atoms with Gasteiger partial charge in [-0.1, -0.05) is 48.5 Å². The minimum atomic E-state index is 0.0401. The van der Waals surface area contributed by atoms with Gasteiger partial charge in [-0.2, -0.15) is 5.10 Å². The van der Waals surface area contributed by atoms with Crippen molar-refractivity contribution in [2.45, 2.75) is 19.0 Å². The van der Waals surface area contributed by atoms with Gasteiger partial charge in [0.25, 0.3) is 0 Å². The van der Waals surface area contributed by atoms with E-state index in [0.717, 1.165) is 30.8 Å². The maximum atomic E-state index is 10.2. The Labute approximate surface area is 186 Å². The SMILES string of the molecule is Oc1cccc([C@H]2c3[nH]c4ccccc4c3CCN2Cc2cnn(-c3ccccc3)c2)c1. The van der Waals surface area contributed by atoms with Crippen LogP contribution in [-0.2, 0) is 13.0 Å². The highest BCUT2D eigenvalue weighted by Crippen LogP contribution is 2.39. The monoisotopic (exact) mass is 420 g/mol. The number of phenolic OH excluding ortho intramolecular Hbond substituents is 1. The van der Waals surface area contributed by atoms with Gasteiger partial charge in [-0.25, -0.2) is 4.68 Å².